The van der Waals surface area contributed by atoms with Crippen molar-refractivity contribution in [3.8, 4) is 0 Å². The molecule has 1 aromatic rings. The van der Waals surface area contributed by atoms with Crippen molar-refractivity contribution in [1.82, 2.24) is 4.90 Å². The normalized spacial score (nSPS) is 16.2. The Morgan fingerprint density at radius 3 is 2.37 bits per heavy atom. The van der Waals surface area contributed by atoms with Gasteiger partial charge in [-0.2, -0.15) is 0 Å². The molecule has 0 aliphatic carbocycles. The third kappa shape index (κ3) is 2.75. The second-order valence-corrected chi connectivity index (χ2v) is 4.67. The molecule has 0 unspecified atom stereocenters. The first-order chi connectivity index (χ1) is 9.00. The van der Waals surface area contributed by atoms with E-state index in [-0.39, 0.29) is 6.54 Å². The molecule has 0 spiro atoms. The number of rotatable bonds is 3. The van der Waals surface area contributed by atoms with Gasteiger partial charge in [0.05, 0.1) is 12.2 Å². The van der Waals surface area contributed by atoms with Crippen molar-refractivity contribution in [2.24, 2.45) is 0 Å². The molecule has 100 valence electrons. The van der Waals surface area contributed by atoms with Crippen LogP contribution in [0.25, 0.3) is 5.70 Å². The highest BCUT2D eigenvalue weighted by atomic mass is 19.3. The van der Waals surface area contributed by atoms with Crippen molar-refractivity contribution in [2.75, 3.05) is 6.54 Å². The number of halogens is 2. The highest BCUT2D eigenvalue weighted by Gasteiger charge is 2.24. The summed E-state index contributed by atoms with van der Waals surface area (Å²) in [6.07, 6.45) is -0.402. The van der Waals surface area contributed by atoms with Crippen molar-refractivity contribution in [3.63, 3.8) is 0 Å². The minimum absolute atomic E-state index is 0.328. The molecule has 0 N–H and O–H groups in total. The Labute approximate surface area is 112 Å². The zero-order valence-corrected chi connectivity index (χ0v) is 11.2. The minimum atomic E-state index is -2.39. The largest absolute Gasteiger partial charge is 0.335 e. The number of alkyl halides is 2. The van der Waals surface area contributed by atoms with Gasteiger partial charge in [-0.15, -0.1) is 0 Å². The summed E-state index contributed by atoms with van der Waals surface area (Å²) in [5.41, 5.74) is 4.31. The fourth-order valence-corrected chi connectivity index (χ4v) is 2.36. The van der Waals surface area contributed by atoms with Gasteiger partial charge >= 0.3 is 0 Å². The fourth-order valence-electron chi connectivity index (χ4n) is 2.36. The van der Waals surface area contributed by atoms with Crippen LogP contribution >= 0.6 is 0 Å². The van der Waals surface area contributed by atoms with Crippen LogP contribution in [0.15, 0.2) is 59.8 Å². The summed E-state index contributed by atoms with van der Waals surface area (Å²) < 4.78 is 25.6. The van der Waals surface area contributed by atoms with Crippen molar-refractivity contribution in [3.05, 3.63) is 65.4 Å². The van der Waals surface area contributed by atoms with Gasteiger partial charge in [0.1, 0.15) is 0 Å². The SMILES string of the molecule is C=C1C(C)=CC(C)=C(c2ccccc2)N1CC(F)F. The lowest BCUT2D eigenvalue weighted by Gasteiger charge is -2.34. The Morgan fingerprint density at radius 1 is 1.16 bits per heavy atom. The predicted molar refractivity (Wildman–Crippen MR) is 74.6 cm³/mol. The average molecular weight is 261 g/mol. The minimum Gasteiger partial charge on any atom is -0.335 e. The van der Waals surface area contributed by atoms with Crippen LogP contribution in [0.4, 0.5) is 8.78 Å². The fraction of sp³-hybridized carbons (Fsp3) is 0.250. The van der Waals surface area contributed by atoms with E-state index in [1.807, 2.05) is 50.3 Å². The zero-order chi connectivity index (χ0) is 14.0. The van der Waals surface area contributed by atoms with Crippen LogP contribution in [0.5, 0.6) is 0 Å². The Morgan fingerprint density at radius 2 is 1.79 bits per heavy atom. The molecule has 1 nitrogen and oxygen atoms in total. The van der Waals surface area contributed by atoms with E-state index in [0.29, 0.717) is 5.70 Å². The number of benzene rings is 1. The third-order valence-corrected chi connectivity index (χ3v) is 3.23. The molecule has 0 saturated heterocycles. The van der Waals surface area contributed by atoms with E-state index >= 15 is 0 Å². The number of hydrogen-bond acceptors (Lipinski definition) is 1. The van der Waals surface area contributed by atoms with Crippen LogP contribution in [0, 0.1) is 0 Å². The van der Waals surface area contributed by atoms with Gasteiger partial charge in [0.2, 0.25) is 0 Å². The topological polar surface area (TPSA) is 3.24 Å². The van der Waals surface area contributed by atoms with Gasteiger partial charge in [-0.05, 0) is 30.6 Å². The summed E-state index contributed by atoms with van der Waals surface area (Å²) in [5, 5.41) is 0. The van der Waals surface area contributed by atoms with Gasteiger partial charge in [0.25, 0.3) is 6.43 Å². The Kier molecular flexibility index (Phi) is 3.84. The molecule has 0 bridgehead atoms. The van der Waals surface area contributed by atoms with Crippen molar-refractivity contribution >= 4 is 5.70 Å². The van der Waals surface area contributed by atoms with Crippen LogP contribution in [0.3, 0.4) is 0 Å². The first kappa shape index (κ1) is 13.5. The maximum Gasteiger partial charge on any atom is 0.256 e. The molecule has 0 radical (unpaired) electrons. The second-order valence-electron chi connectivity index (χ2n) is 4.67. The lowest BCUT2D eigenvalue weighted by molar-refractivity contribution is 0.123. The maximum absolute atomic E-state index is 12.8. The van der Waals surface area contributed by atoms with E-state index in [2.05, 4.69) is 6.58 Å². The molecule has 2 rings (SSSR count). The maximum atomic E-state index is 12.8. The van der Waals surface area contributed by atoms with E-state index in [9.17, 15) is 8.78 Å². The van der Waals surface area contributed by atoms with E-state index in [1.54, 1.807) is 4.90 Å². The van der Waals surface area contributed by atoms with Gasteiger partial charge < -0.3 is 4.90 Å². The number of hydrogen-bond donors (Lipinski definition) is 0. The van der Waals surface area contributed by atoms with E-state index in [4.69, 9.17) is 0 Å². The van der Waals surface area contributed by atoms with Crippen LogP contribution in [-0.4, -0.2) is 17.9 Å². The smallest absolute Gasteiger partial charge is 0.256 e. The summed E-state index contributed by atoms with van der Waals surface area (Å²) >= 11 is 0. The molecule has 1 heterocycles. The zero-order valence-electron chi connectivity index (χ0n) is 11.2. The van der Waals surface area contributed by atoms with Crippen LogP contribution in [0.2, 0.25) is 0 Å². The molecule has 1 aromatic carbocycles. The third-order valence-electron chi connectivity index (χ3n) is 3.23. The molecular weight excluding hydrogens is 244 g/mol. The van der Waals surface area contributed by atoms with Gasteiger partial charge in [0.15, 0.2) is 0 Å². The molecular formula is C16H17F2N. The molecule has 0 saturated carbocycles. The van der Waals surface area contributed by atoms with Crippen LogP contribution in [-0.2, 0) is 0 Å². The Bertz CT molecular complexity index is 541. The summed E-state index contributed by atoms with van der Waals surface area (Å²) in [5.74, 6) is 0. The summed E-state index contributed by atoms with van der Waals surface area (Å²) in [6, 6.07) is 9.59. The average Bonchev–Trinajstić information content (AvgIpc) is 2.36. The Hall–Kier alpha value is -1.90. The highest BCUT2D eigenvalue weighted by Crippen LogP contribution is 2.34. The van der Waals surface area contributed by atoms with E-state index in [1.165, 1.54) is 0 Å². The van der Waals surface area contributed by atoms with Crippen molar-refractivity contribution in [2.45, 2.75) is 20.3 Å². The lowest BCUT2D eigenvalue weighted by atomic mass is 9.98. The quantitative estimate of drug-likeness (QED) is 0.776. The number of allylic oxidation sites excluding steroid dienone is 3. The van der Waals surface area contributed by atoms with Crippen LogP contribution in [0.1, 0.15) is 19.4 Å². The van der Waals surface area contributed by atoms with Gasteiger partial charge in [-0.1, -0.05) is 43.0 Å². The molecule has 19 heavy (non-hydrogen) atoms. The molecule has 1 aliphatic rings. The predicted octanol–water partition coefficient (Wildman–Crippen LogP) is 4.46. The highest BCUT2D eigenvalue weighted by molar-refractivity contribution is 5.73. The first-order valence-electron chi connectivity index (χ1n) is 6.20. The molecule has 1 aliphatic heterocycles. The van der Waals surface area contributed by atoms with Crippen molar-refractivity contribution < 1.29 is 8.78 Å². The van der Waals surface area contributed by atoms with Gasteiger partial charge in [-0.25, -0.2) is 8.78 Å². The summed E-state index contributed by atoms with van der Waals surface area (Å²) in [7, 11) is 0. The van der Waals surface area contributed by atoms with E-state index in [0.717, 1.165) is 22.4 Å². The summed E-state index contributed by atoms with van der Waals surface area (Å²) in [6.45, 7) is 7.44. The molecule has 0 fully saturated rings. The van der Waals surface area contributed by atoms with Gasteiger partial charge in [0, 0.05) is 5.70 Å². The van der Waals surface area contributed by atoms with Crippen molar-refractivity contribution in [1.29, 1.82) is 0 Å². The Balaban J connectivity index is 2.51. The summed E-state index contributed by atoms with van der Waals surface area (Å²) in [4.78, 5) is 1.62. The molecule has 0 amide bonds. The van der Waals surface area contributed by atoms with Gasteiger partial charge in [-0.3, -0.25) is 0 Å². The number of nitrogens with zero attached hydrogens (tertiary/aromatic N) is 1. The standard InChI is InChI=1S/C16H17F2N/c1-11-9-12(2)16(14-7-5-4-6-8-14)19(13(11)3)10-15(17)18/h4-9,15H,3,10H2,1-2H3. The molecule has 0 aromatic heterocycles. The second kappa shape index (κ2) is 5.39. The molecule has 0 atom stereocenters. The lowest BCUT2D eigenvalue weighted by Crippen LogP contribution is -2.29. The monoisotopic (exact) mass is 261 g/mol. The van der Waals surface area contributed by atoms with E-state index < -0.39 is 6.43 Å². The first-order valence-corrected chi connectivity index (χ1v) is 6.20. The van der Waals surface area contributed by atoms with Crippen LogP contribution < -0.4 is 0 Å². The molecule has 3 heteroatoms.